The van der Waals surface area contributed by atoms with E-state index in [9.17, 15) is 13.2 Å². The Bertz CT molecular complexity index is 1190. The summed E-state index contributed by atoms with van der Waals surface area (Å²) in [6, 6.07) is 18.9. The fraction of sp³-hybridized carbons (Fsp3) is 0.208. The highest BCUT2D eigenvalue weighted by Crippen LogP contribution is 2.31. The molecule has 0 radical (unpaired) electrons. The Morgan fingerprint density at radius 2 is 1.71 bits per heavy atom. The Morgan fingerprint density at radius 1 is 1.00 bits per heavy atom. The van der Waals surface area contributed by atoms with Crippen molar-refractivity contribution in [3.63, 3.8) is 0 Å². The maximum atomic E-state index is 13.3. The van der Waals surface area contributed by atoms with E-state index in [1.807, 2.05) is 32.0 Å². The molecule has 3 rings (SSSR count). The fourth-order valence-electron chi connectivity index (χ4n) is 3.42. The third kappa shape index (κ3) is 4.72. The van der Waals surface area contributed by atoms with Gasteiger partial charge in [0, 0.05) is 12.1 Å². The summed E-state index contributed by atoms with van der Waals surface area (Å²) in [5, 5.41) is 2.80. The standard InChI is InChI=1S/C24H26N2O4S/c1-5-26(19-9-7-6-8-10-19)31(28,29)20-12-14-23(30-4)22(16-20)25-24(27)21-13-11-17(2)15-18(21)3/h6-16H,5H2,1-4H3,(H,25,27). The van der Waals surface area contributed by atoms with E-state index < -0.39 is 10.0 Å². The summed E-state index contributed by atoms with van der Waals surface area (Å²) in [6.07, 6.45) is 0. The van der Waals surface area contributed by atoms with Crippen molar-refractivity contribution in [3.8, 4) is 5.75 Å². The van der Waals surface area contributed by atoms with Gasteiger partial charge >= 0.3 is 0 Å². The van der Waals surface area contributed by atoms with Crippen LogP contribution in [0.3, 0.4) is 0 Å². The second kappa shape index (κ2) is 9.22. The largest absolute Gasteiger partial charge is 0.495 e. The third-order valence-electron chi connectivity index (χ3n) is 4.97. The number of anilines is 2. The van der Waals surface area contributed by atoms with Gasteiger partial charge in [-0.05, 0) is 62.7 Å². The van der Waals surface area contributed by atoms with Gasteiger partial charge in [0.1, 0.15) is 5.75 Å². The van der Waals surface area contributed by atoms with E-state index in [1.54, 1.807) is 43.3 Å². The minimum absolute atomic E-state index is 0.0648. The maximum Gasteiger partial charge on any atom is 0.264 e. The van der Waals surface area contributed by atoms with Crippen LogP contribution in [-0.2, 0) is 10.0 Å². The van der Waals surface area contributed by atoms with Crippen molar-refractivity contribution >= 4 is 27.3 Å². The van der Waals surface area contributed by atoms with Crippen LogP contribution in [0, 0.1) is 13.8 Å². The van der Waals surface area contributed by atoms with Gasteiger partial charge < -0.3 is 10.1 Å². The molecule has 0 aliphatic rings. The van der Waals surface area contributed by atoms with Crippen LogP contribution in [0.25, 0.3) is 0 Å². The highest BCUT2D eigenvalue weighted by atomic mass is 32.2. The number of benzene rings is 3. The number of nitrogens with one attached hydrogen (secondary N) is 1. The van der Waals surface area contributed by atoms with Crippen LogP contribution in [0.4, 0.5) is 11.4 Å². The van der Waals surface area contributed by atoms with Gasteiger partial charge in [0.15, 0.2) is 0 Å². The highest BCUT2D eigenvalue weighted by Gasteiger charge is 2.25. The Morgan fingerprint density at radius 3 is 2.32 bits per heavy atom. The molecule has 0 saturated carbocycles. The molecule has 7 heteroatoms. The van der Waals surface area contributed by atoms with Gasteiger partial charge in [0.2, 0.25) is 0 Å². The number of rotatable bonds is 7. The molecule has 0 fully saturated rings. The van der Waals surface area contributed by atoms with Crippen LogP contribution in [0.1, 0.15) is 28.4 Å². The lowest BCUT2D eigenvalue weighted by Crippen LogP contribution is -2.30. The lowest BCUT2D eigenvalue weighted by molar-refractivity contribution is 0.102. The number of hydrogen-bond acceptors (Lipinski definition) is 4. The number of ether oxygens (including phenoxy) is 1. The molecule has 3 aromatic carbocycles. The number of methoxy groups -OCH3 is 1. The molecule has 0 saturated heterocycles. The molecular weight excluding hydrogens is 412 g/mol. The van der Waals surface area contributed by atoms with Gasteiger partial charge in [-0.25, -0.2) is 8.42 Å². The van der Waals surface area contributed by atoms with Crippen molar-refractivity contribution in [2.45, 2.75) is 25.7 Å². The maximum absolute atomic E-state index is 13.3. The lowest BCUT2D eigenvalue weighted by Gasteiger charge is -2.23. The van der Waals surface area contributed by atoms with E-state index in [1.165, 1.54) is 23.5 Å². The first-order valence-corrected chi connectivity index (χ1v) is 11.4. The molecule has 0 aromatic heterocycles. The Labute approximate surface area is 183 Å². The molecule has 0 bridgehead atoms. The zero-order valence-electron chi connectivity index (χ0n) is 18.0. The van der Waals surface area contributed by atoms with Crippen molar-refractivity contribution in [2.75, 3.05) is 23.3 Å². The van der Waals surface area contributed by atoms with Crippen molar-refractivity contribution in [1.29, 1.82) is 0 Å². The van der Waals surface area contributed by atoms with E-state index in [-0.39, 0.29) is 23.0 Å². The first kappa shape index (κ1) is 22.4. The summed E-state index contributed by atoms with van der Waals surface area (Å²) in [7, 11) is -2.37. The van der Waals surface area contributed by atoms with E-state index in [4.69, 9.17) is 4.74 Å². The predicted molar refractivity (Wildman–Crippen MR) is 124 cm³/mol. The SMILES string of the molecule is CCN(c1ccccc1)S(=O)(=O)c1ccc(OC)c(NC(=O)c2ccc(C)cc2C)c1. The summed E-state index contributed by atoms with van der Waals surface area (Å²) in [5.74, 6) is 0.0422. The first-order chi connectivity index (χ1) is 14.8. The topological polar surface area (TPSA) is 75.7 Å². The van der Waals surface area contributed by atoms with Crippen molar-refractivity contribution in [3.05, 3.63) is 83.4 Å². The smallest absolute Gasteiger partial charge is 0.264 e. The molecule has 0 heterocycles. The number of nitrogens with zero attached hydrogens (tertiary/aromatic N) is 1. The Balaban J connectivity index is 1.99. The molecular formula is C24H26N2O4S. The quantitative estimate of drug-likeness (QED) is 0.576. The van der Waals surface area contributed by atoms with Gasteiger partial charge in [-0.15, -0.1) is 0 Å². The first-order valence-electron chi connectivity index (χ1n) is 9.92. The zero-order chi connectivity index (χ0) is 22.6. The second-order valence-electron chi connectivity index (χ2n) is 7.14. The monoisotopic (exact) mass is 438 g/mol. The lowest BCUT2D eigenvalue weighted by atomic mass is 10.1. The molecule has 3 aromatic rings. The molecule has 162 valence electrons. The van der Waals surface area contributed by atoms with Crippen LogP contribution in [0.5, 0.6) is 5.75 Å². The van der Waals surface area contributed by atoms with Gasteiger partial charge in [-0.2, -0.15) is 0 Å². The molecule has 0 unspecified atom stereocenters. The molecule has 31 heavy (non-hydrogen) atoms. The minimum atomic E-state index is -3.84. The number of carbonyl (C=O) groups excluding carboxylic acids is 1. The fourth-order valence-corrected chi connectivity index (χ4v) is 4.92. The van der Waals surface area contributed by atoms with Crippen molar-refractivity contribution in [2.24, 2.45) is 0 Å². The third-order valence-corrected chi connectivity index (χ3v) is 6.86. The summed E-state index contributed by atoms with van der Waals surface area (Å²) >= 11 is 0. The summed E-state index contributed by atoms with van der Waals surface area (Å²) < 4.78 is 33.3. The van der Waals surface area contributed by atoms with Crippen LogP contribution in [-0.4, -0.2) is 28.0 Å². The molecule has 0 aliphatic carbocycles. The zero-order valence-corrected chi connectivity index (χ0v) is 18.9. The van der Waals surface area contributed by atoms with E-state index in [0.717, 1.165) is 11.1 Å². The summed E-state index contributed by atoms with van der Waals surface area (Å²) in [6.45, 7) is 5.86. The number of hydrogen-bond donors (Lipinski definition) is 1. The van der Waals surface area contributed by atoms with Crippen LogP contribution >= 0.6 is 0 Å². The highest BCUT2D eigenvalue weighted by molar-refractivity contribution is 7.92. The van der Waals surface area contributed by atoms with Crippen LogP contribution < -0.4 is 14.4 Å². The Hall–Kier alpha value is -3.32. The molecule has 0 atom stereocenters. The normalized spacial score (nSPS) is 11.1. The number of sulfonamides is 1. The van der Waals surface area contributed by atoms with E-state index >= 15 is 0 Å². The van der Waals surface area contributed by atoms with E-state index in [2.05, 4.69) is 5.32 Å². The van der Waals surface area contributed by atoms with Crippen LogP contribution in [0.2, 0.25) is 0 Å². The number of aryl methyl sites for hydroxylation is 2. The second-order valence-corrected chi connectivity index (χ2v) is 9.00. The minimum Gasteiger partial charge on any atom is -0.495 e. The number of amides is 1. The van der Waals surface area contributed by atoms with Crippen LogP contribution in [0.15, 0.2) is 71.6 Å². The van der Waals surface area contributed by atoms with E-state index in [0.29, 0.717) is 17.0 Å². The molecule has 0 aliphatic heterocycles. The average Bonchev–Trinajstić information content (AvgIpc) is 2.74. The molecule has 0 spiro atoms. The predicted octanol–water partition coefficient (Wildman–Crippen LogP) is 4.78. The summed E-state index contributed by atoms with van der Waals surface area (Å²) in [5.41, 5.74) is 3.27. The van der Waals surface area contributed by atoms with Gasteiger partial charge in [0.05, 0.1) is 23.4 Å². The number of para-hydroxylation sites is 1. The average molecular weight is 439 g/mol. The molecule has 1 N–H and O–H groups in total. The van der Waals surface area contributed by atoms with Gasteiger partial charge in [-0.1, -0.05) is 35.9 Å². The Kier molecular flexibility index (Phi) is 6.65. The van der Waals surface area contributed by atoms with Gasteiger partial charge in [-0.3, -0.25) is 9.10 Å². The molecule has 1 amide bonds. The number of carbonyl (C=O) groups is 1. The summed E-state index contributed by atoms with van der Waals surface area (Å²) in [4.78, 5) is 12.9. The molecule has 6 nitrogen and oxygen atoms in total. The van der Waals surface area contributed by atoms with Crippen molar-refractivity contribution in [1.82, 2.24) is 0 Å². The van der Waals surface area contributed by atoms with Gasteiger partial charge in [0.25, 0.3) is 15.9 Å². The van der Waals surface area contributed by atoms with Crippen molar-refractivity contribution < 1.29 is 17.9 Å².